The average molecular weight is 234 g/mol. The fourth-order valence-electron chi connectivity index (χ4n) is 1.92. The maximum absolute atomic E-state index is 11.6. The molecule has 0 saturated heterocycles. The van der Waals surface area contributed by atoms with Crippen LogP contribution in [-0.2, 0) is 10.0 Å². The highest BCUT2D eigenvalue weighted by molar-refractivity contribution is 7.89. The first-order valence-electron chi connectivity index (χ1n) is 5.85. The standard InChI is InChI=1S/C10H22N2O2S/c1-2-11-8-5-9-15(13,14)12-10-6-3-4-7-10/h10-12H,2-9H2,1H3. The molecule has 0 spiro atoms. The highest BCUT2D eigenvalue weighted by atomic mass is 32.2. The first kappa shape index (κ1) is 12.9. The normalized spacial score (nSPS) is 18.5. The van der Waals surface area contributed by atoms with Crippen molar-refractivity contribution in [3.05, 3.63) is 0 Å². The Morgan fingerprint density at radius 3 is 2.53 bits per heavy atom. The van der Waals surface area contributed by atoms with E-state index in [2.05, 4.69) is 10.0 Å². The van der Waals surface area contributed by atoms with Crippen LogP contribution in [0.25, 0.3) is 0 Å². The second-order valence-corrected chi connectivity index (χ2v) is 6.00. The number of hydrogen-bond donors (Lipinski definition) is 2. The van der Waals surface area contributed by atoms with Crippen molar-refractivity contribution in [2.45, 2.75) is 45.1 Å². The van der Waals surface area contributed by atoms with Gasteiger partial charge in [-0.15, -0.1) is 0 Å². The maximum atomic E-state index is 11.6. The van der Waals surface area contributed by atoms with Crippen LogP contribution in [-0.4, -0.2) is 33.3 Å². The Hall–Kier alpha value is -0.130. The lowest BCUT2D eigenvalue weighted by Gasteiger charge is -2.12. The second kappa shape index (κ2) is 6.45. The van der Waals surface area contributed by atoms with Gasteiger partial charge in [-0.1, -0.05) is 19.8 Å². The smallest absolute Gasteiger partial charge is 0.211 e. The zero-order chi connectivity index (χ0) is 11.1. The van der Waals surface area contributed by atoms with Crippen molar-refractivity contribution in [3.63, 3.8) is 0 Å². The molecule has 0 bridgehead atoms. The summed E-state index contributed by atoms with van der Waals surface area (Å²) in [5.41, 5.74) is 0. The molecule has 0 amide bonds. The molecule has 0 aromatic carbocycles. The summed E-state index contributed by atoms with van der Waals surface area (Å²) < 4.78 is 26.0. The summed E-state index contributed by atoms with van der Waals surface area (Å²) in [6.45, 7) is 3.70. The lowest BCUT2D eigenvalue weighted by Crippen LogP contribution is -2.35. The molecule has 1 rings (SSSR count). The summed E-state index contributed by atoms with van der Waals surface area (Å²) >= 11 is 0. The molecule has 1 aliphatic rings. The van der Waals surface area contributed by atoms with Crippen LogP contribution in [0, 0.1) is 0 Å². The molecule has 1 saturated carbocycles. The quantitative estimate of drug-likeness (QED) is 0.642. The highest BCUT2D eigenvalue weighted by Gasteiger charge is 2.20. The molecule has 0 aromatic rings. The number of sulfonamides is 1. The molecule has 5 heteroatoms. The van der Waals surface area contributed by atoms with E-state index in [1.807, 2.05) is 6.92 Å². The van der Waals surface area contributed by atoms with Gasteiger partial charge in [0.15, 0.2) is 0 Å². The summed E-state index contributed by atoms with van der Waals surface area (Å²) in [5, 5.41) is 3.12. The first-order valence-corrected chi connectivity index (χ1v) is 7.50. The van der Waals surface area contributed by atoms with Gasteiger partial charge in [-0.25, -0.2) is 13.1 Å². The van der Waals surface area contributed by atoms with Crippen LogP contribution in [0.3, 0.4) is 0 Å². The molecule has 0 aromatic heterocycles. The van der Waals surface area contributed by atoms with Crippen molar-refractivity contribution in [3.8, 4) is 0 Å². The molecule has 1 fully saturated rings. The largest absolute Gasteiger partial charge is 0.317 e. The summed E-state index contributed by atoms with van der Waals surface area (Å²) in [5.74, 6) is 0.247. The Morgan fingerprint density at radius 1 is 1.27 bits per heavy atom. The molecular weight excluding hydrogens is 212 g/mol. The first-order chi connectivity index (χ1) is 7.14. The zero-order valence-electron chi connectivity index (χ0n) is 9.46. The lowest BCUT2D eigenvalue weighted by molar-refractivity contribution is 0.548. The van der Waals surface area contributed by atoms with Gasteiger partial charge >= 0.3 is 0 Å². The second-order valence-electron chi connectivity index (χ2n) is 4.13. The predicted octanol–water partition coefficient (Wildman–Crippen LogP) is 0.848. The van der Waals surface area contributed by atoms with Crippen LogP contribution in [0.15, 0.2) is 0 Å². The van der Waals surface area contributed by atoms with E-state index in [1.165, 1.54) is 0 Å². The van der Waals surface area contributed by atoms with E-state index in [-0.39, 0.29) is 11.8 Å². The molecule has 90 valence electrons. The SMILES string of the molecule is CCNCCCS(=O)(=O)NC1CCCC1. The van der Waals surface area contributed by atoms with E-state index >= 15 is 0 Å². The Balaban J connectivity index is 2.19. The summed E-state index contributed by atoms with van der Waals surface area (Å²) in [6.07, 6.45) is 5.02. The van der Waals surface area contributed by atoms with Crippen LogP contribution < -0.4 is 10.0 Å². The summed E-state index contributed by atoms with van der Waals surface area (Å²) in [6, 6.07) is 0.203. The minimum atomic E-state index is -3.04. The van der Waals surface area contributed by atoms with Gasteiger partial charge in [0.1, 0.15) is 0 Å². The Labute approximate surface area is 92.9 Å². The third-order valence-corrected chi connectivity index (χ3v) is 4.24. The van der Waals surface area contributed by atoms with E-state index in [9.17, 15) is 8.42 Å². The van der Waals surface area contributed by atoms with Crippen molar-refractivity contribution in [1.29, 1.82) is 0 Å². The van der Waals surface area contributed by atoms with E-state index in [0.717, 1.165) is 38.8 Å². The van der Waals surface area contributed by atoms with Gasteiger partial charge in [0.25, 0.3) is 0 Å². The third-order valence-electron chi connectivity index (χ3n) is 2.72. The molecule has 0 radical (unpaired) electrons. The van der Waals surface area contributed by atoms with Crippen molar-refractivity contribution >= 4 is 10.0 Å². The molecule has 4 nitrogen and oxygen atoms in total. The van der Waals surface area contributed by atoms with Gasteiger partial charge < -0.3 is 5.32 Å². The number of nitrogens with one attached hydrogen (secondary N) is 2. The Bertz CT molecular complexity index is 259. The average Bonchev–Trinajstić information content (AvgIpc) is 2.64. The molecule has 0 unspecified atom stereocenters. The lowest BCUT2D eigenvalue weighted by atomic mass is 10.3. The Morgan fingerprint density at radius 2 is 1.93 bits per heavy atom. The van der Waals surface area contributed by atoms with E-state index < -0.39 is 10.0 Å². The van der Waals surface area contributed by atoms with Gasteiger partial charge in [0.2, 0.25) is 10.0 Å². The molecule has 2 N–H and O–H groups in total. The molecule has 15 heavy (non-hydrogen) atoms. The van der Waals surface area contributed by atoms with Gasteiger partial charge in [0, 0.05) is 6.04 Å². The monoisotopic (exact) mass is 234 g/mol. The zero-order valence-corrected chi connectivity index (χ0v) is 10.3. The van der Waals surface area contributed by atoms with Crippen molar-refractivity contribution in [2.24, 2.45) is 0 Å². The maximum Gasteiger partial charge on any atom is 0.211 e. The minimum Gasteiger partial charge on any atom is -0.317 e. The molecule has 0 aliphatic heterocycles. The number of hydrogen-bond acceptors (Lipinski definition) is 3. The highest BCUT2D eigenvalue weighted by Crippen LogP contribution is 2.18. The van der Waals surface area contributed by atoms with Crippen molar-refractivity contribution in [2.75, 3.05) is 18.8 Å². The predicted molar refractivity (Wildman–Crippen MR) is 62.3 cm³/mol. The van der Waals surface area contributed by atoms with E-state index in [1.54, 1.807) is 0 Å². The van der Waals surface area contributed by atoms with Crippen LogP contribution in [0.5, 0.6) is 0 Å². The molecule has 0 heterocycles. The van der Waals surface area contributed by atoms with Gasteiger partial charge in [-0.2, -0.15) is 0 Å². The van der Waals surface area contributed by atoms with Crippen LogP contribution in [0.2, 0.25) is 0 Å². The fourth-order valence-corrected chi connectivity index (χ4v) is 3.31. The van der Waals surface area contributed by atoms with Gasteiger partial charge in [0.05, 0.1) is 5.75 Å². The summed E-state index contributed by atoms with van der Waals surface area (Å²) in [7, 11) is -3.04. The van der Waals surface area contributed by atoms with Crippen LogP contribution >= 0.6 is 0 Å². The minimum absolute atomic E-state index is 0.203. The molecular formula is C10H22N2O2S. The summed E-state index contributed by atoms with van der Waals surface area (Å²) in [4.78, 5) is 0. The third kappa shape index (κ3) is 5.49. The Kier molecular flexibility index (Phi) is 5.56. The van der Waals surface area contributed by atoms with Crippen LogP contribution in [0.1, 0.15) is 39.0 Å². The fraction of sp³-hybridized carbons (Fsp3) is 1.00. The van der Waals surface area contributed by atoms with Crippen molar-refractivity contribution in [1.82, 2.24) is 10.0 Å². The molecule has 0 atom stereocenters. The van der Waals surface area contributed by atoms with E-state index in [4.69, 9.17) is 0 Å². The topological polar surface area (TPSA) is 58.2 Å². The van der Waals surface area contributed by atoms with Crippen LogP contribution in [0.4, 0.5) is 0 Å². The van der Waals surface area contributed by atoms with Gasteiger partial charge in [-0.3, -0.25) is 0 Å². The molecule has 1 aliphatic carbocycles. The number of rotatable bonds is 7. The van der Waals surface area contributed by atoms with E-state index in [0.29, 0.717) is 6.42 Å². The van der Waals surface area contributed by atoms with Crippen molar-refractivity contribution < 1.29 is 8.42 Å². The van der Waals surface area contributed by atoms with Gasteiger partial charge in [-0.05, 0) is 32.4 Å².